The van der Waals surface area contributed by atoms with Crippen molar-refractivity contribution >= 4 is 45.5 Å². The number of rotatable bonds is 10. The Hall–Kier alpha value is -4.31. The summed E-state index contributed by atoms with van der Waals surface area (Å²) in [4.78, 5) is 57.6. The highest BCUT2D eigenvalue weighted by Gasteiger charge is 2.27. The number of carbonyl (C=O) groups excluding carboxylic acids is 3. The van der Waals surface area contributed by atoms with Gasteiger partial charge in [-0.15, -0.1) is 0 Å². The van der Waals surface area contributed by atoms with E-state index in [0.717, 1.165) is 41.7 Å². The number of nitrogens with one attached hydrogen (secondary N) is 2. The zero-order valence-corrected chi connectivity index (χ0v) is 23.8. The lowest BCUT2D eigenvalue weighted by Gasteiger charge is -2.11. The fourth-order valence-corrected chi connectivity index (χ4v) is 5.18. The van der Waals surface area contributed by atoms with Crippen LogP contribution >= 0.6 is 11.3 Å². The van der Waals surface area contributed by atoms with Gasteiger partial charge in [0.1, 0.15) is 10.6 Å². The van der Waals surface area contributed by atoms with Gasteiger partial charge in [-0.2, -0.15) is 0 Å². The van der Waals surface area contributed by atoms with Gasteiger partial charge in [0.2, 0.25) is 0 Å². The molecule has 40 heavy (non-hydrogen) atoms. The zero-order valence-electron chi connectivity index (χ0n) is 23.0. The molecule has 2 amide bonds. The highest BCUT2D eigenvalue weighted by atomic mass is 32.1. The summed E-state index contributed by atoms with van der Waals surface area (Å²) in [5, 5.41) is 5.62. The first-order chi connectivity index (χ1) is 19.2. The van der Waals surface area contributed by atoms with Crippen LogP contribution in [-0.4, -0.2) is 33.8 Å². The molecule has 0 fully saturated rings. The number of anilines is 2. The Morgan fingerprint density at radius 1 is 0.975 bits per heavy atom. The minimum atomic E-state index is -0.680. The molecule has 0 atom stereocenters. The normalized spacial score (nSPS) is 10.9. The van der Waals surface area contributed by atoms with Crippen molar-refractivity contribution in [1.29, 1.82) is 0 Å². The number of carbonyl (C=O) groups is 3. The standard InChI is InChI=1S/C30H32N4O5S/c1-5-7-15-39-29(38)20-12-9-13-22(16-20)31-27(36)25-26(28(37)33-23-14-8-11-18(3)19(23)4)40-30-32-21(10-6-2)17-24(35)34(25)30/h8-9,11-14,16-17H,5-7,10,15H2,1-4H3,(H,31,36)(H,33,37). The summed E-state index contributed by atoms with van der Waals surface area (Å²) in [6, 6.07) is 13.3. The van der Waals surface area contributed by atoms with Crippen molar-refractivity contribution in [2.24, 2.45) is 0 Å². The maximum atomic E-state index is 13.7. The Bertz CT molecular complexity index is 1640. The average Bonchev–Trinajstić information content (AvgIpc) is 3.32. The third-order valence-electron chi connectivity index (χ3n) is 6.44. The van der Waals surface area contributed by atoms with Crippen LogP contribution in [0.15, 0.2) is 53.3 Å². The molecule has 0 aliphatic heterocycles. The fourth-order valence-electron chi connectivity index (χ4n) is 4.14. The van der Waals surface area contributed by atoms with Crippen LogP contribution in [-0.2, 0) is 11.2 Å². The van der Waals surface area contributed by atoms with E-state index in [-0.39, 0.29) is 21.1 Å². The second kappa shape index (κ2) is 12.7. The van der Waals surface area contributed by atoms with Gasteiger partial charge in [-0.3, -0.25) is 14.4 Å². The van der Waals surface area contributed by atoms with E-state index in [9.17, 15) is 19.2 Å². The Kier molecular flexibility index (Phi) is 9.11. The second-order valence-electron chi connectivity index (χ2n) is 9.46. The number of fused-ring (bicyclic) bond motifs is 1. The second-order valence-corrected chi connectivity index (χ2v) is 10.4. The smallest absolute Gasteiger partial charge is 0.338 e. The van der Waals surface area contributed by atoms with Crippen LogP contribution < -0.4 is 16.2 Å². The summed E-state index contributed by atoms with van der Waals surface area (Å²) in [6.45, 7) is 8.12. The molecule has 0 radical (unpaired) electrons. The lowest BCUT2D eigenvalue weighted by Crippen LogP contribution is -2.25. The molecular weight excluding hydrogens is 528 g/mol. The molecule has 0 aliphatic rings. The number of thiazole rings is 1. The molecule has 0 bridgehead atoms. The van der Waals surface area contributed by atoms with Crippen molar-refractivity contribution in [3.05, 3.63) is 91.8 Å². The highest BCUT2D eigenvalue weighted by molar-refractivity contribution is 7.19. The molecule has 0 aliphatic carbocycles. The van der Waals surface area contributed by atoms with Gasteiger partial charge in [0.15, 0.2) is 4.96 Å². The van der Waals surface area contributed by atoms with E-state index in [1.54, 1.807) is 24.3 Å². The monoisotopic (exact) mass is 560 g/mol. The number of benzene rings is 2. The van der Waals surface area contributed by atoms with Crippen molar-refractivity contribution in [1.82, 2.24) is 9.38 Å². The summed E-state index contributed by atoms with van der Waals surface area (Å²) in [6.07, 6.45) is 3.03. The molecule has 0 spiro atoms. The van der Waals surface area contributed by atoms with E-state index in [1.807, 2.05) is 39.8 Å². The summed E-state index contributed by atoms with van der Waals surface area (Å²) in [5.74, 6) is -1.71. The summed E-state index contributed by atoms with van der Waals surface area (Å²) in [7, 11) is 0. The number of hydrogen-bond donors (Lipinski definition) is 2. The molecule has 9 nitrogen and oxygen atoms in total. The van der Waals surface area contributed by atoms with E-state index >= 15 is 0 Å². The maximum absolute atomic E-state index is 13.7. The molecule has 2 heterocycles. The van der Waals surface area contributed by atoms with Crippen molar-refractivity contribution < 1.29 is 19.1 Å². The van der Waals surface area contributed by atoms with Crippen LogP contribution in [0.4, 0.5) is 11.4 Å². The van der Waals surface area contributed by atoms with E-state index in [1.165, 1.54) is 16.5 Å². The Morgan fingerprint density at radius 2 is 1.75 bits per heavy atom. The van der Waals surface area contributed by atoms with Crippen molar-refractivity contribution in [3.63, 3.8) is 0 Å². The van der Waals surface area contributed by atoms with Gasteiger partial charge in [-0.1, -0.05) is 56.2 Å². The molecule has 2 aromatic carbocycles. The first kappa shape index (κ1) is 28.7. The molecule has 0 saturated heterocycles. The molecule has 2 aromatic heterocycles. The SMILES string of the molecule is CCCCOC(=O)c1cccc(NC(=O)c2c(C(=O)Nc3cccc(C)c3C)sc3nc(CCC)cc(=O)n23)c1. The number of nitrogens with zero attached hydrogens (tertiary/aromatic N) is 2. The van der Waals surface area contributed by atoms with Crippen LogP contribution in [0.5, 0.6) is 0 Å². The minimum Gasteiger partial charge on any atom is -0.462 e. The van der Waals surface area contributed by atoms with E-state index in [4.69, 9.17) is 4.74 Å². The zero-order chi connectivity index (χ0) is 28.8. The number of aryl methyl sites for hydroxylation is 2. The predicted octanol–water partition coefficient (Wildman–Crippen LogP) is 5.79. The molecule has 0 unspecified atom stereocenters. The average molecular weight is 561 g/mol. The summed E-state index contributed by atoms with van der Waals surface area (Å²) >= 11 is 0.978. The molecular formula is C30H32N4O5S. The first-order valence-corrected chi connectivity index (χ1v) is 14.1. The van der Waals surface area contributed by atoms with Gasteiger partial charge in [-0.05, 0) is 62.1 Å². The minimum absolute atomic E-state index is 0.0479. The van der Waals surface area contributed by atoms with Crippen LogP contribution in [0.2, 0.25) is 0 Å². The molecule has 2 N–H and O–H groups in total. The predicted molar refractivity (Wildman–Crippen MR) is 157 cm³/mol. The maximum Gasteiger partial charge on any atom is 0.338 e. The van der Waals surface area contributed by atoms with Gasteiger partial charge in [0.05, 0.1) is 12.2 Å². The van der Waals surface area contributed by atoms with E-state index in [2.05, 4.69) is 15.6 Å². The van der Waals surface area contributed by atoms with Gasteiger partial charge in [-0.25, -0.2) is 14.2 Å². The number of hydrogen-bond acceptors (Lipinski definition) is 7. The first-order valence-electron chi connectivity index (χ1n) is 13.2. The number of ether oxygens (including phenoxy) is 1. The number of esters is 1. The van der Waals surface area contributed by atoms with Crippen molar-refractivity contribution in [3.8, 4) is 0 Å². The van der Waals surface area contributed by atoms with Crippen LogP contribution in [0.25, 0.3) is 4.96 Å². The van der Waals surface area contributed by atoms with Crippen LogP contribution in [0.3, 0.4) is 0 Å². The van der Waals surface area contributed by atoms with Crippen LogP contribution in [0.1, 0.15) is 80.4 Å². The largest absolute Gasteiger partial charge is 0.462 e. The van der Waals surface area contributed by atoms with Gasteiger partial charge in [0.25, 0.3) is 17.4 Å². The topological polar surface area (TPSA) is 119 Å². The van der Waals surface area contributed by atoms with Crippen LogP contribution in [0, 0.1) is 13.8 Å². The van der Waals surface area contributed by atoms with E-state index < -0.39 is 23.3 Å². The van der Waals surface area contributed by atoms with Gasteiger partial charge in [0, 0.05) is 23.1 Å². The fraction of sp³-hybridized carbons (Fsp3) is 0.300. The summed E-state index contributed by atoms with van der Waals surface area (Å²) in [5.41, 5.74) is 3.12. The summed E-state index contributed by atoms with van der Waals surface area (Å²) < 4.78 is 6.44. The Balaban J connectivity index is 1.73. The molecule has 4 aromatic rings. The number of unbranched alkanes of at least 4 members (excludes halogenated alkanes) is 1. The molecule has 10 heteroatoms. The highest BCUT2D eigenvalue weighted by Crippen LogP contribution is 2.26. The molecule has 4 rings (SSSR count). The quantitative estimate of drug-likeness (QED) is 0.187. The Morgan fingerprint density at radius 3 is 2.50 bits per heavy atom. The molecule has 208 valence electrons. The Labute approximate surface area is 236 Å². The van der Waals surface area contributed by atoms with Gasteiger partial charge < -0.3 is 15.4 Å². The van der Waals surface area contributed by atoms with Crippen molar-refractivity contribution in [2.75, 3.05) is 17.2 Å². The van der Waals surface area contributed by atoms with Gasteiger partial charge >= 0.3 is 5.97 Å². The van der Waals surface area contributed by atoms with E-state index in [0.29, 0.717) is 30.1 Å². The lowest BCUT2D eigenvalue weighted by molar-refractivity contribution is 0.0499. The van der Waals surface area contributed by atoms with Crippen molar-refractivity contribution in [2.45, 2.75) is 53.4 Å². The number of aromatic nitrogens is 2. The third kappa shape index (κ3) is 6.28. The lowest BCUT2D eigenvalue weighted by atomic mass is 10.1. The molecule has 0 saturated carbocycles. The third-order valence-corrected chi connectivity index (χ3v) is 7.48. The number of amides is 2.